The van der Waals surface area contributed by atoms with Crippen LogP contribution in [-0.4, -0.2) is 60.4 Å². The first-order chi connectivity index (χ1) is 12.9. The third-order valence-electron chi connectivity index (χ3n) is 5.73. The van der Waals surface area contributed by atoms with Gasteiger partial charge in [0.25, 0.3) is 5.91 Å². The molecule has 1 aliphatic heterocycles. The van der Waals surface area contributed by atoms with Crippen LogP contribution in [0.4, 0.5) is 0 Å². The lowest BCUT2D eigenvalue weighted by atomic mass is 9.81. The summed E-state index contributed by atoms with van der Waals surface area (Å²) in [6.45, 7) is 10.3. The number of benzene rings is 1. The van der Waals surface area contributed by atoms with Crippen LogP contribution in [0.5, 0.6) is 5.75 Å². The van der Waals surface area contributed by atoms with Gasteiger partial charge in [-0.2, -0.15) is 0 Å². The number of ether oxygens (including phenoxy) is 1. The average Bonchev–Trinajstić information content (AvgIpc) is 2.69. The van der Waals surface area contributed by atoms with Crippen LogP contribution in [0.3, 0.4) is 0 Å². The number of rotatable bonds is 7. The van der Waals surface area contributed by atoms with E-state index in [0.717, 1.165) is 18.4 Å². The van der Waals surface area contributed by atoms with Gasteiger partial charge in [0.2, 0.25) is 5.91 Å². The third kappa shape index (κ3) is 5.39. The van der Waals surface area contributed by atoms with E-state index in [1.165, 1.54) is 0 Å². The fourth-order valence-electron chi connectivity index (χ4n) is 3.59. The number of aryl methyl sites for hydroxylation is 1. The summed E-state index contributed by atoms with van der Waals surface area (Å²) in [5.74, 6) is 0.772. The SMILES string of the molecule is CCC(CC)(CN)C(=O)N1CCN(C(=O)C(C)Oc2cccc(C)c2)CC1.Cl. The van der Waals surface area contributed by atoms with Gasteiger partial charge in [0.05, 0.1) is 5.41 Å². The van der Waals surface area contributed by atoms with E-state index >= 15 is 0 Å². The molecule has 1 aromatic carbocycles. The van der Waals surface area contributed by atoms with Gasteiger partial charge in [-0.05, 0) is 44.4 Å². The van der Waals surface area contributed by atoms with Gasteiger partial charge in [-0.25, -0.2) is 0 Å². The fourth-order valence-corrected chi connectivity index (χ4v) is 3.59. The lowest BCUT2D eigenvalue weighted by Gasteiger charge is -2.40. The molecule has 0 aliphatic carbocycles. The summed E-state index contributed by atoms with van der Waals surface area (Å²) in [6.07, 6.45) is 0.919. The summed E-state index contributed by atoms with van der Waals surface area (Å²) in [4.78, 5) is 29.3. The lowest BCUT2D eigenvalue weighted by molar-refractivity contribution is -0.149. The fraction of sp³-hybridized carbons (Fsp3) is 0.619. The van der Waals surface area contributed by atoms with E-state index in [1.54, 1.807) is 11.8 Å². The average molecular weight is 412 g/mol. The number of hydrogen-bond acceptors (Lipinski definition) is 4. The first-order valence-corrected chi connectivity index (χ1v) is 9.88. The molecular formula is C21H34ClN3O3. The van der Waals surface area contributed by atoms with Gasteiger partial charge in [0.15, 0.2) is 6.10 Å². The number of nitrogens with zero attached hydrogens (tertiary/aromatic N) is 2. The van der Waals surface area contributed by atoms with Crippen molar-refractivity contribution in [3.05, 3.63) is 29.8 Å². The standard InChI is InChI=1S/C21H33N3O3.ClH/c1-5-21(6-2,15-22)20(26)24-12-10-23(11-13-24)19(25)17(4)27-18-9-7-8-16(3)14-18;/h7-9,14,17H,5-6,10-13,15,22H2,1-4H3;1H. The van der Waals surface area contributed by atoms with Crippen molar-refractivity contribution >= 4 is 24.2 Å². The monoisotopic (exact) mass is 411 g/mol. The highest BCUT2D eigenvalue weighted by molar-refractivity contribution is 5.85. The van der Waals surface area contributed by atoms with Crippen molar-refractivity contribution in [1.82, 2.24) is 9.80 Å². The maximum absolute atomic E-state index is 12.9. The van der Waals surface area contributed by atoms with Crippen molar-refractivity contribution in [3.63, 3.8) is 0 Å². The van der Waals surface area contributed by atoms with E-state index < -0.39 is 11.5 Å². The zero-order chi connectivity index (χ0) is 20.0. The van der Waals surface area contributed by atoms with E-state index in [1.807, 2.05) is 49.9 Å². The Labute approximate surface area is 174 Å². The van der Waals surface area contributed by atoms with Gasteiger partial charge >= 0.3 is 0 Å². The summed E-state index contributed by atoms with van der Waals surface area (Å²) in [5.41, 5.74) is 6.52. The van der Waals surface area contributed by atoms with E-state index in [4.69, 9.17) is 10.5 Å². The first-order valence-electron chi connectivity index (χ1n) is 9.88. The molecule has 158 valence electrons. The van der Waals surface area contributed by atoms with Gasteiger partial charge in [-0.15, -0.1) is 12.4 Å². The van der Waals surface area contributed by atoms with Gasteiger partial charge in [0, 0.05) is 32.7 Å². The second-order valence-corrected chi connectivity index (χ2v) is 7.39. The van der Waals surface area contributed by atoms with E-state index in [9.17, 15) is 9.59 Å². The van der Waals surface area contributed by atoms with Crippen LogP contribution >= 0.6 is 12.4 Å². The first kappa shape index (κ1) is 24.2. The minimum absolute atomic E-state index is 0. The highest BCUT2D eigenvalue weighted by Gasteiger charge is 2.38. The van der Waals surface area contributed by atoms with Gasteiger partial charge < -0.3 is 20.3 Å². The summed E-state index contributed by atoms with van der Waals surface area (Å²) >= 11 is 0. The molecule has 1 aromatic rings. The molecule has 1 unspecified atom stereocenters. The van der Waals surface area contributed by atoms with E-state index in [-0.39, 0.29) is 24.2 Å². The molecule has 7 heteroatoms. The molecule has 1 heterocycles. The Bertz CT molecular complexity index is 648. The summed E-state index contributed by atoms with van der Waals surface area (Å²) in [5, 5.41) is 0. The van der Waals surface area contributed by atoms with Crippen molar-refractivity contribution in [2.45, 2.75) is 46.6 Å². The number of carbonyl (C=O) groups excluding carboxylic acids is 2. The van der Waals surface area contributed by atoms with Crippen LogP contribution < -0.4 is 10.5 Å². The highest BCUT2D eigenvalue weighted by atomic mass is 35.5. The number of carbonyl (C=O) groups is 2. The molecule has 1 saturated heterocycles. The largest absolute Gasteiger partial charge is 0.481 e. The maximum atomic E-state index is 12.9. The Morgan fingerprint density at radius 1 is 1.14 bits per heavy atom. The van der Waals surface area contributed by atoms with Crippen molar-refractivity contribution in [2.75, 3.05) is 32.7 Å². The topological polar surface area (TPSA) is 75.9 Å². The molecule has 6 nitrogen and oxygen atoms in total. The molecule has 0 saturated carbocycles. The number of halogens is 1. The Kier molecular flexibility index (Phi) is 9.24. The smallest absolute Gasteiger partial charge is 0.263 e. The van der Waals surface area contributed by atoms with Crippen molar-refractivity contribution in [3.8, 4) is 5.75 Å². The molecule has 0 bridgehead atoms. The summed E-state index contributed by atoms with van der Waals surface area (Å²) < 4.78 is 5.80. The lowest BCUT2D eigenvalue weighted by Crippen LogP contribution is -2.57. The highest BCUT2D eigenvalue weighted by Crippen LogP contribution is 2.28. The van der Waals surface area contributed by atoms with Gasteiger partial charge in [-0.1, -0.05) is 26.0 Å². The number of nitrogens with two attached hydrogens (primary N) is 1. The predicted molar refractivity (Wildman–Crippen MR) is 114 cm³/mol. The molecule has 0 radical (unpaired) electrons. The maximum Gasteiger partial charge on any atom is 0.263 e. The summed E-state index contributed by atoms with van der Waals surface area (Å²) in [7, 11) is 0. The molecule has 2 amide bonds. The second kappa shape index (κ2) is 10.7. The third-order valence-corrected chi connectivity index (χ3v) is 5.73. The van der Waals surface area contributed by atoms with Crippen molar-refractivity contribution in [2.24, 2.45) is 11.1 Å². The molecule has 0 aromatic heterocycles. The Balaban J connectivity index is 0.00000392. The molecule has 0 spiro atoms. The minimum Gasteiger partial charge on any atom is -0.481 e. The normalized spacial score (nSPS) is 15.6. The van der Waals surface area contributed by atoms with Crippen LogP contribution in [-0.2, 0) is 9.59 Å². The molecular weight excluding hydrogens is 378 g/mol. The Morgan fingerprint density at radius 2 is 1.71 bits per heavy atom. The Morgan fingerprint density at radius 3 is 2.21 bits per heavy atom. The number of amides is 2. The quantitative estimate of drug-likeness (QED) is 0.748. The summed E-state index contributed by atoms with van der Waals surface area (Å²) in [6, 6.07) is 7.68. The van der Waals surface area contributed by atoms with E-state index in [2.05, 4.69) is 0 Å². The zero-order valence-corrected chi connectivity index (χ0v) is 18.3. The van der Waals surface area contributed by atoms with Crippen LogP contribution in [0, 0.1) is 12.3 Å². The molecule has 1 atom stereocenters. The number of hydrogen-bond donors (Lipinski definition) is 1. The predicted octanol–water partition coefficient (Wildman–Crippen LogP) is 2.62. The van der Waals surface area contributed by atoms with Crippen LogP contribution in [0.1, 0.15) is 39.2 Å². The minimum atomic E-state index is -0.552. The molecule has 28 heavy (non-hydrogen) atoms. The van der Waals surface area contributed by atoms with Crippen LogP contribution in [0.2, 0.25) is 0 Å². The molecule has 1 aliphatic rings. The zero-order valence-electron chi connectivity index (χ0n) is 17.4. The van der Waals surface area contributed by atoms with Crippen LogP contribution in [0.15, 0.2) is 24.3 Å². The molecule has 2 rings (SSSR count). The van der Waals surface area contributed by atoms with E-state index in [0.29, 0.717) is 38.5 Å². The Hall–Kier alpha value is -1.79. The second-order valence-electron chi connectivity index (χ2n) is 7.39. The van der Waals surface area contributed by atoms with Crippen molar-refractivity contribution < 1.29 is 14.3 Å². The number of piperazine rings is 1. The van der Waals surface area contributed by atoms with Crippen molar-refractivity contribution in [1.29, 1.82) is 0 Å². The molecule has 2 N–H and O–H groups in total. The van der Waals surface area contributed by atoms with Crippen LogP contribution in [0.25, 0.3) is 0 Å². The van der Waals surface area contributed by atoms with Gasteiger partial charge in [0.1, 0.15) is 5.75 Å². The molecule has 1 fully saturated rings. The van der Waals surface area contributed by atoms with Gasteiger partial charge in [-0.3, -0.25) is 9.59 Å².